The molecular weight excluding hydrogens is 396 g/mol. The molecule has 1 atom stereocenters. The van der Waals surface area contributed by atoms with E-state index in [1.165, 1.54) is 10.9 Å². The van der Waals surface area contributed by atoms with Crippen LogP contribution in [-0.4, -0.2) is 39.3 Å². The molecule has 0 bridgehead atoms. The van der Waals surface area contributed by atoms with E-state index in [0.29, 0.717) is 11.3 Å². The number of carbonyl (C=O) groups excluding carboxylic acids is 3. The second-order valence-electron chi connectivity index (χ2n) is 7.17. The van der Waals surface area contributed by atoms with Crippen LogP contribution < -0.4 is 16.4 Å². The third-order valence-electron chi connectivity index (χ3n) is 4.70. The molecule has 3 aromatic rings. The Morgan fingerprint density at radius 3 is 2.52 bits per heavy atom. The first-order chi connectivity index (χ1) is 14.8. The SMILES string of the molecule is Cc1cccc(C(=O)NCCC(=O)N[C@H](C)c2ccc(-n3cc(C(N)=O)nn3)cc2)c1. The Hall–Kier alpha value is -4.01. The highest BCUT2D eigenvalue weighted by Crippen LogP contribution is 2.15. The van der Waals surface area contributed by atoms with E-state index in [2.05, 4.69) is 20.9 Å². The van der Waals surface area contributed by atoms with Crippen molar-refractivity contribution >= 4 is 17.7 Å². The molecule has 9 heteroatoms. The molecule has 31 heavy (non-hydrogen) atoms. The van der Waals surface area contributed by atoms with E-state index >= 15 is 0 Å². The van der Waals surface area contributed by atoms with Gasteiger partial charge in [0.25, 0.3) is 11.8 Å². The van der Waals surface area contributed by atoms with E-state index in [1.54, 1.807) is 24.3 Å². The summed E-state index contributed by atoms with van der Waals surface area (Å²) in [6, 6.07) is 14.4. The van der Waals surface area contributed by atoms with Gasteiger partial charge < -0.3 is 16.4 Å². The fourth-order valence-electron chi connectivity index (χ4n) is 2.99. The second kappa shape index (κ2) is 9.66. The lowest BCUT2D eigenvalue weighted by Gasteiger charge is -2.15. The topological polar surface area (TPSA) is 132 Å². The Morgan fingerprint density at radius 1 is 1.13 bits per heavy atom. The standard InChI is InChI=1S/C22H24N6O3/c1-14-4-3-5-17(12-14)22(31)24-11-10-20(29)25-15(2)16-6-8-18(9-7-16)28-13-19(21(23)30)26-27-28/h3-9,12-13,15H,10-11H2,1-2H3,(H2,23,30)(H,24,31)(H,25,29)/t15-/m1/s1. The van der Waals surface area contributed by atoms with Crippen LogP contribution in [0.15, 0.2) is 54.7 Å². The van der Waals surface area contributed by atoms with Gasteiger partial charge in [0.1, 0.15) is 0 Å². The molecule has 0 aliphatic carbocycles. The lowest BCUT2D eigenvalue weighted by molar-refractivity contribution is -0.121. The van der Waals surface area contributed by atoms with Crippen molar-refractivity contribution in [2.45, 2.75) is 26.3 Å². The number of hydrogen-bond donors (Lipinski definition) is 3. The summed E-state index contributed by atoms with van der Waals surface area (Å²) in [6.45, 7) is 4.04. The highest BCUT2D eigenvalue weighted by atomic mass is 16.2. The van der Waals surface area contributed by atoms with Crippen LogP contribution in [0.1, 0.15) is 51.4 Å². The molecule has 0 spiro atoms. The summed E-state index contributed by atoms with van der Waals surface area (Å²) in [5.41, 5.74) is 8.45. The summed E-state index contributed by atoms with van der Waals surface area (Å²) >= 11 is 0. The van der Waals surface area contributed by atoms with Crippen molar-refractivity contribution in [3.05, 3.63) is 77.1 Å². The van der Waals surface area contributed by atoms with Crippen LogP contribution in [0.2, 0.25) is 0 Å². The zero-order chi connectivity index (χ0) is 22.4. The number of nitrogens with zero attached hydrogens (tertiary/aromatic N) is 3. The first-order valence-electron chi connectivity index (χ1n) is 9.80. The van der Waals surface area contributed by atoms with E-state index in [-0.39, 0.29) is 36.5 Å². The number of primary amides is 1. The molecule has 0 fully saturated rings. The van der Waals surface area contributed by atoms with Crippen molar-refractivity contribution in [2.24, 2.45) is 5.73 Å². The van der Waals surface area contributed by atoms with Crippen LogP contribution in [0.5, 0.6) is 0 Å². The Labute approximate surface area is 179 Å². The van der Waals surface area contributed by atoms with Crippen LogP contribution in [-0.2, 0) is 4.79 Å². The molecule has 1 heterocycles. The maximum Gasteiger partial charge on any atom is 0.270 e. The Kier molecular flexibility index (Phi) is 6.76. The van der Waals surface area contributed by atoms with Gasteiger partial charge >= 0.3 is 0 Å². The average Bonchev–Trinajstić information content (AvgIpc) is 3.24. The van der Waals surface area contributed by atoms with Gasteiger partial charge in [-0.3, -0.25) is 14.4 Å². The quantitative estimate of drug-likeness (QED) is 0.510. The van der Waals surface area contributed by atoms with E-state index in [1.807, 2.05) is 38.1 Å². The monoisotopic (exact) mass is 420 g/mol. The van der Waals surface area contributed by atoms with Crippen molar-refractivity contribution in [1.29, 1.82) is 0 Å². The summed E-state index contributed by atoms with van der Waals surface area (Å²) in [6.07, 6.45) is 1.63. The Morgan fingerprint density at radius 2 is 1.87 bits per heavy atom. The summed E-state index contributed by atoms with van der Waals surface area (Å²) in [5.74, 6) is -1.01. The molecule has 0 radical (unpaired) electrons. The summed E-state index contributed by atoms with van der Waals surface area (Å²) in [5, 5.41) is 13.2. The summed E-state index contributed by atoms with van der Waals surface area (Å²) in [4.78, 5) is 35.5. The van der Waals surface area contributed by atoms with Crippen LogP contribution in [0.4, 0.5) is 0 Å². The van der Waals surface area contributed by atoms with Gasteiger partial charge in [0, 0.05) is 18.5 Å². The highest BCUT2D eigenvalue weighted by molar-refractivity contribution is 5.94. The number of aryl methyl sites for hydroxylation is 1. The minimum absolute atomic E-state index is 0.0826. The lowest BCUT2D eigenvalue weighted by atomic mass is 10.1. The van der Waals surface area contributed by atoms with Crippen LogP contribution in [0.3, 0.4) is 0 Å². The van der Waals surface area contributed by atoms with Crippen molar-refractivity contribution in [1.82, 2.24) is 25.6 Å². The number of amides is 3. The normalized spacial score (nSPS) is 11.5. The summed E-state index contributed by atoms with van der Waals surface area (Å²) < 4.78 is 1.45. The second-order valence-corrected chi connectivity index (χ2v) is 7.17. The zero-order valence-corrected chi connectivity index (χ0v) is 17.3. The maximum absolute atomic E-state index is 12.2. The van der Waals surface area contributed by atoms with Gasteiger partial charge in [0.15, 0.2) is 5.69 Å². The minimum Gasteiger partial charge on any atom is -0.364 e. The van der Waals surface area contributed by atoms with Crippen LogP contribution in [0.25, 0.3) is 5.69 Å². The molecule has 2 aromatic carbocycles. The molecule has 160 valence electrons. The van der Waals surface area contributed by atoms with Gasteiger partial charge in [-0.25, -0.2) is 4.68 Å². The smallest absolute Gasteiger partial charge is 0.270 e. The molecule has 9 nitrogen and oxygen atoms in total. The van der Waals surface area contributed by atoms with E-state index in [9.17, 15) is 14.4 Å². The van der Waals surface area contributed by atoms with Crippen molar-refractivity contribution in [3.63, 3.8) is 0 Å². The van der Waals surface area contributed by atoms with Crippen molar-refractivity contribution in [3.8, 4) is 5.69 Å². The highest BCUT2D eigenvalue weighted by Gasteiger charge is 2.12. The lowest BCUT2D eigenvalue weighted by Crippen LogP contribution is -2.32. The van der Waals surface area contributed by atoms with Crippen molar-refractivity contribution in [2.75, 3.05) is 6.54 Å². The first-order valence-corrected chi connectivity index (χ1v) is 9.80. The molecule has 3 rings (SSSR count). The van der Waals surface area contributed by atoms with E-state index in [0.717, 1.165) is 11.1 Å². The third kappa shape index (κ3) is 5.75. The maximum atomic E-state index is 12.2. The van der Waals surface area contributed by atoms with Gasteiger partial charge in [-0.15, -0.1) is 5.10 Å². The van der Waals surface area contributed by atoms with Gasteiger partial charge in [-0.1, -0.05) is 35.0 Å². The van der Waals surface area contributed by atoms with Gasteiger partial charge in [-0.2, -0.15) is 0 Å². The van der Waals surface area contributed by atoms with Gasteiger partial charge in [0.2, 0.25) is 5.91 Å². The molecule has 4 N–H and O–H groups in total. The predicted octanol–water partition coefficient (Wildman–Crippen LogP) is 1.67. The largest absolute Gasteiger partial charge is 0.364 e. The number of aromatic nitrogens is 3. The third-order valence-corrected chi connectivity index (χ3v) is 4.70. The number of carbonyl (C=O) groups is 3. The van der Waals surface area contributed by atoms with Crippen molar-refractivity contribution < 1.29 is 14.4 Å². The van der Waals surface area contributed by atoms with Gasteiger partial charge in [0.05, 0.1) is 17.9 Å². The molecular formula is C22H24N6O3. The fourth-order valence-corrected chi connectivity index (χ4v) is 2.99. The molecule has 1 aromatic heterocycles. The predicted molar refractivity (Wildman–Crippen MR) is 115 cm³/mol. The van der Waals surface area contributed by atoms with Crippen LogP contribution >= 0.6 is 0 Å². The van der Waals surface area contributed by atoms with E-state index < -0.39 is 5.91 Å². The number of hydrogen-bond acceptors (Lipinski definition) is 5. The minimum atomic E-state index is -0.644. The first kappa shape index (κ1) is 21.7. The molecule has 0 unspecified atom stereocenters. The zero-order valence-electron chi connectivity index (χ0n) is 17.3. The molecule has 3 amide bonds. The Balaban J connectivity index is 1.49. The van der Waals surface area contributed by atoms with E-state index in [4.69, 9.17) is 5.73 Å². The molecule has 0 aliphatic rings. The molecule has 0 aliphatic heterocycles. The fraction of sp³-hybridized carbons (Fsp3) is 0.227. The summed E-state index contributed by atoms with van der Waals surface area (Å²) in [7, 11) is 0. The Bertz CT molecular complexity index is 1090. The number of benzene rings is 2. The van der Waals surface area contributed by atoms with Crippen LogP contribution in [0, 0.1) is 6.92 Å². The average molecular weight is 420 g/mol. The number of nitrogens with two attached hydrogens (primary N) is 1. The number of nitrogens with one attached hydrogen (secondary N) is 2. The molecule has 0 saturated carbocycles. The molecule has 0 saturated heterocycles. The van der Waals surface area contributed by atoms with Gasteiger partial charge in [-0.05, 0) is 43.7 Å². The number of rotatable bonds is 8.